The van der Waals surface area contributed by atoms with Crippen molar-refractivity contribution in [2.75, 3.05) is 27.8 Å². The minimum absolute atomic E-state index is 0.0808. The largest absolute Gasteiger partial charge is 0.504 e. The number of aromatic hydroxyl groups is 1. The monoisotopic (exact) mass is 225 g/mol. The molecule has 0 bridgehead atoms. The smallest absolute Gasteiger partial charge is 0.180 e. The average Bonchev–Trinajstić information content (AvgIpc) is 2.29. The predicted octanol–water partition coefficient (Wildman–Crippen LogP) is 0.811. The van der Waals surface area contributed by atoms with Crippen molar-refractivity contribution in [1.29, 1.82) is 0 Å². The van der Waals surface area contributed by atoms with Gasteiger partial charge in [-0.05, 0) is 13.1 Å². The number of carbonyl (C=O) groups excluding carboxylic acids is 1. The van der Waals surface area contributed by atoms with Gasteiger partial charge in [-0.3, -0.25) is 4.79 Å². The van der Waals surface area contributed by atoms with Crippen LogP contribution in [0.4, 0.5) is 0 Å². The van der Waals surface area contributed by atoms with E-state index in [9.17, 15) is 9.90 Å². The summed E-state index contributed by atoms with van der Waals surface area (Å²) < 4.78 is 10.00. The molecule has 0 aliphatic carbocycles. The second kappa shape index (κ2) is 5.37. The lowest BCUT2D eigenvalue weighted by Crippen LogP contribution is -2.19. The van der Waals surface area contributed by atoms with Gasteiger partial charge in [-0.2, -0.15) is 0 Å². The van der Waals surface area contributed by atoms with E-state index in [0.29, 0.717) is 11.3 Å². The second-order valence-electron chi connectivity index (χ2n) is 3.18. The van der Waals surface area contributed by atoms with E-state index in [-0.39, 0.29) is 23.8 Å². The molecule has 1 aromatic carbocycles. The summed E-state index contributed by atoms with van der Waals surface area (Å²) in [4.78, 5) is 11.7. The number of ether oxygens (including phenoxy) is 2. The molecule has 5 heteroatoms. The van der Waals surface area contributed by atoms with Crippen LogP contribution in [0.2, 0.25) is 0 Å². The Hall–Kier alpha value is -1.75. The molecular formula is C11H15NO4. The van der Waals surface area contributed by atoms with E-state index in [1.807, 2.05) is 0 Å². The second-order valence-corrected chi connectivity index (χ2v) is 3.18. The van der Waals surface area contributed by atoms with E-state index < -0.39 is 0 Å². The molecule has 0 spiro atoms. The molecular weight excluding hydrogens is 210 g/mol. The summed E-state index contributed by atoms with van der Waals surface area (Å²) in [6.45, 7) is 0.183. The lowest BCUT2D eigenvalue weighted by atomic mass is 10.1. The Morgan fingerprint density at radius 2 is 1.94 bits per heavy atom. The summed E-state index contributed by atoms with van der Waals surface area (Å²) >= 11 is 0. The zero-order valence-corrected chi connectivity index (χ0v) is 9.53. The molecule has 0 fully saturated rings. The average molecular weight is 225 g/mol. The topological polar surface area (TPSA) is 67.8 Å². The highest BCUT2D eigenvalue weighted by Gasteiger charge is 2.15. The Balaban J connectivity index is 3.17. The molecule has 0 aliphatic heterocycles. The Labute approximate surface area is 94.0 Å². The van der Waals surface area contributed by atoms with Crippen LogP contribution in [0.25, 0.3) is 0 Å². The summed E-state index contributed by atoms with van der Waals surface area (Å²) in [6.07, 6.45) is 0. The molecule has 88 valence electrons. The van der Waals surface area contributed by atoms with E-state index in [2.05, 4.69) is 5.32 Å². The third-order valence-electron chi connectivity index (χ3n) is 2.14. The highest BCUT2D eigenvalue weighted by molar-refractivity contribution is 6.00. The van der Waals surface area contributed by atoms with Crippen LogP contribution in [0.3, 0.4) is 0 Å². The molecule has 0 aliphatic rings. The molecule has 0 saturated carbocycles. The molecule has 0 amide bonds. The Morgan fingerprint density at radius 1 is 1.31 bits per heavy atom. The van der Waals surface area contributed by atoms with Gasteiger partial charge in [-0.25, -0.2) is 0 Å². The van der Waals surface area contributed by atoms with Crippen molar-refractivity contribution in [3.05, 3.63) is 17.7 Å². The number of benzene rings is 1. The van der Waals surface area contributed by atoms with Crippen molar-refractivity contribution in [3.8, 4) is 17.2 Å². The molecule has 0 saturated heterocycles. The van der Waals surface area contributed by atoms with Gasteiger partial charge >= 0.3 is 0 Å². The molecule has 1 rings (SSSR count). The highest BCUT2D eigenvalue weighted by atomic mass is 16.5. The SMILES string of the molecule is CNCC(=O)c1cc(O)c(OC)cc1OC. The number of ketones is 1. The van der Waals surface area contributed by atoms with E-state index in [1.54, 1.807) is 7.05 Å². The minimum Gasteiger partial charge on any atom is -0.504 e. The van der Waals surface area contributed by atoms with E-state index >= 15 is 0 Å². The number of likely N-dealkylation sites (N-methyl/N-ethyl adjacent to an activating group) is 1. The Kier molecular flexibility index (Phi) is 4.13. The van der Waals surface area contributed by atoms with Gasteiger partial charge in [0.25, 0.3) is 0 Å². The number of hydrogen-bond donors (Lipinski definition) is 2. The lowest BCUT2D eigenvalue weighted by molar-refractivity contribution is 0.0990. The third kappa shape index (κ3) is 2.43. The van der Waals surface area contributed by atoms with Crippen LogP contribution in [-0.4, -0.2) is 38.7 Å². The van der Waals surface area contributed by atoms with Crippen molar-refractivity contribution >= 4 is 5.78 Å². The van der Waals surface area contributed by atoms with Crippen LogP contribution in [0, 0.1) is 0 Å². The van der Waals surface area contributed by atoms with Crippen molar-refractivity contribution in [3.63, 3.8) is 0 Å². The van der Waals surface area contributed by atoms with Crippen molar-refractivity contribution < 1.29 is 19.4 Å². The number of rotatable bonds is 5. The van der Waals surface area contributed by atoms with E-state index in [4.69, 9.17) is 9.47 Å². The molecule has 0 atom stereocenters. The van der Waals surface area contributed by atoms with Gasteiger partial charge in [-0.1, -0.05) is 0 Å². The van der Waals surface area contributed by atoms with Crippen LogP contribution in [-0.2, 0) is 0 Å². The number of carbonyl (C=O) groups is 1. The van der Waals surface area contributed by atoms with Crippen LogP contribution in [0.5, 0.6) is 17.2 Å². The zero-order chi connectivity index (χ0) is 12.1. The van der Waals surface area contributed by atoms with Gasteiger partial charge in [0.2, 0.25) is 0 Å². The van der Waals surface area contributed by atoms with Crippen molar-refractivity contribution in [2.24, 2.45) is 0 Å². The predicted molar refractivity (Wildman–Crippen MR) is 59.5 cm³/mol. The van der Waals surface area contributed by atoms with Crippen LogP contribution >= 0.6 is 0 Å². The van der Waals surface area contributed by atoms with Gasteiger partial charge in [0.15, 0.2) is 17.3 Å². The van der Waals surface area contributed by atoms with Gasteiger partial charge in [-0.15, -0.1) is 0 Å². The lowest BCUT2D eigenvalue weighted by Gasteiger charge is -2.11. The van der Waals surface area contributed by atoms with Crippen LogP contribution in [0.1, 0.15) is 10.4 Å². The molecule has 0 aromatic heterocycles. The summed E-state index contributed by atoms with van der Waals surface area (Å²) in [5.41, 5.74) is 0.329. The normalized spacial score (nSPS) is 9.94. The summed E-state index contributed by atoms with van der Waals surface area (Å²) in [5.74, 6) is 0.424. The maximum atomic E-state index is 11.7. The first-order valence-electron chi connectivity index (χ1n) is 4.76. The minimum atomic E-state index is -0.155. The number of phenolic OH excluding ortho intramolecular Hbond substituents is 1. The molecule has 1 aromatic rings. The van der Waals surface area contributed by atoms with Crippen LogP contribution in [0.15, 0.2) is 12.1 Å². The molecule has 0 unspecified atom stereocenters. The number of nitrogens with one attached hydrogen (secondary N) is 1. The maximum absolute atomic E-state index is 11.7. The fourth-order valence-corrected chi connectivity index (χ4v) is 1.36. The molecule has 0 heterocycles. The first kappa shape index (κ1) is 12.3. The number of hydrogen-bond acceptors (Lipinski definition) is 5. The first-order valence-corrected chi connectivity index (χ1v) is 4.76. The molecule has 0 radical (unpaired) electrons. The number of methoxy groups -OCH3 is 2. The van der Waals surface area contributed by atoms with Crippen molar-refractivity contribution in [1.82, 2.24) is 5.32 Å². The van der Waals surface area contributed by atoms with E-state index in [1.165, 1.54) is 26.4 Å². The summed E-state index contributed by atoms with van der Waals surface area (Å²) in [6, 6.07) is 2.83. The van der Waals surface area contributed by atoms with Gasteiger partial charge in [0.05, 0.1) is 26.3 Å². The van der Waals surface area contributed by atoms with Gasteiger partial charge in [0.1, 0.15) is 5.75 Å². The Morgan fingerprint density at radius 3 is 2.44 bits per heavy atom. The fraction of sp³-hybridized carbons (Fsp3) is 0.364. The maximum Gasteiger partial charge on any atom is 0.180 e. The third-order valence-corrected chi connectivity index (χ3v) is 2.14. The molecule has 16 heavy (non-hydrogen) atoms. The quantitative estimate of drug-likeness (QED) is 0.726. The van der Waals surface area contributed by atoms with E-state index in [0.717, 1.165) is 0 Å². The zero-order valence-electron chi connectivity index (χ0n) is 9.53. The molecule has 5 nitrogen and oxygen atoms in total. The van der Waals surface area contributed by atoms with Gasteiger partial charge in [0, 0.05) is 6.07 Å². The first-order chi connectivity index (χ1) is 7.63. The summed E-state index contributed by atoms with van der Waals surface area (Å²) in [7, 11) is 4.57. The Bertz CT molecular complexity index is 390. The number of Topliss-reactive ketones (excluding diaryl/α,β-unsaturated/α-hetero) is 1. The number of phenols is 1. The fourth-order valence-electron chi connectivity index (χ4n) is 1.36. The molecule has 2 N–H and O–H groups in total. The highest BCUT2D eigenvalue weighted by Crippen LogP contribution is 2.33. The summed E-state index contributed by atoms with van der Waals surface area (Å²) in [5, 5.41) is 12.3. The van der Waals surface area contributed by atoms with Crippen molar-refractivity contribution in [2.45, 2.75) is 0 Å². The standard InChI is InChI=1S/C11H15NO4/c1-12-6-9(14)7-4-8(13)11(16-3)5-10(7)15-2/h4-5,12-13H,6H2,1-3H3. The van der Waals surface area contributed by atoms with Crippen LogP contribution < -0.4 is 14.8 Å². The van der Waals surface area contributed by atoms with Gasteiger partial charge < -0.3 is 19.9 Å².